The maximum absolute atomic E-state index is 13.6. The molecule has 2 aliphatic heterocycles. The Morgan fingerprint density at radius 3 is 1.83 bits per heavy atom. The lowest BCUT2D eigenvalue weighted by Crippen LogP contribution is -2.42. The van der Waals surface area contributed by atoms with E-state index in [2.05, 4.69) is 18.7 Å². The lowest BCUT2D eigenvalue weighted by atomic mass is 9.91. The smallest absolute Gasteiger partial charge is 0.282 e. The molecule has 2 aromatic carbocycles. The van der Waals surface area contributed by atoms with E-state index < -0.39 is 0 Å². The van der Waals surface area contributed by atoms with Crippen molar-refractivity contribution >= 4 is 23.1 Å². The van der Waals surface area contributed by atoms with E-state index in [1.54, 1.807) is 0 Å². The van der Waals surface area contributed by atoms with Gasteiger partial charge in [0.1, 0.15) is 5.70 Å². The fourth-order valence-electron chi connectivity index (χ4n) is 4.57. The van der Waals surface area contributed by atoms with Gasteiger partial charge in [-0.05, 0) is 49.8 Å². The van der Waals surface area contributed by atoms with Gasteiger partial charge in [0.15, 0.2) is 0 Å². The second-order valence-electron chi connectivity index (χ2n) is 8.72. The largest absolute Gasteiger partial charge is 0.366 e. The van der Waals surface area contributed by atoms with E-state index in [0.29, 0.717) is 28.8 Å². The van der Waals surface area contributed by atoms with Crippen molar-refractivity contribution in [1.29, 1.82) is 0 Å². The van der Waals surface area contributed by atoms with E-state index in [4.69, 9.17) is 0 Å². The molecule has 29 heavy (non-hydrogen) atoms. The van der Waals surface area contributed by atoms with Crippen LogP contribution in [0.5, 0.6) is 0 Å². The van der Waals surface area contributed by atoms with Crippen LogP contribution in [-0.4, -0.2) is 29.8 Å². The molecule has 0 N–H and O–H groups in total. The van der Waals surface area contributed by atoms with Crippen LogP contribution in [0.25, 0.3) is 5.57 Å². The minimum absolute atomic E-state index is 0.212. The zero-order valence-corrected chi connectivity index (χ0v) is 17.6. The summed E-state index contributed by atoms with van der Waals surface area (Å²) < 4.78 is 0. The van der Waals surface area contributed by atoms with Crippen LogP contribution >= 0.6 is 0 Å². The number of likely N-dealkylation sites (tertiary alicyclic amines) is 1. The van der Waals surface area contributed by atoms with Crippen LogP contribution in [0, 0.1) is 25.7 Å². The average molecular weight is 389 g/mol. The fourth-order valence-corrected chi connectivity index (χ4v) is 4.57. The maximum Gasteiger partial charge on any atom is 0.282 e. The van der Waals surface area contributed by atoms with Crippen molar-refractivity contribution in [2.24, 2.45) is 11.8 Å². The van der Waals surface area contributed by atoms with E-state index >= 15 is 0 Å². The third-order valence-corrected chi connectivity index (χ3v) is 5.88. The first-order chi connectivity index (χ1) is 13.8. The summed E-state index contributed by atoms with van der Waals surface area (Å²) in [6.45, 7) is 10.1. The molecule has 1 fully saturated rings. The molecule has 4 heteroatoms. The van der Waals surface area contributed by atoms with E-state index in [0.717, 1.165) is 36.2 Å². The summed E-state index contributed by atoms with van der Waals surface area (Å²) >= 11 is 0. The van der Waals surface area contributed by atoms with Crippen LogP contribution in [-0.2, 0) is 9.59 Å². The van der Waals surface area contributed by atoms with Gasteiger partial charge >= 0.3 is 0 Å². The molecule has 0 bridgehead atoms. The molecule has 1 saturated heterocycles. The van der Waals surface area contributed by atoms with Gasteiger partial charge in [-0.15, -0.1) is 0 Å². The normalized spacial score (nSPS) is 22.6. The lowest BCUT2D eigenvalue weighted by Gasteiger charge is -2.37. The van der Waals surface area contributed by atoms with Crippen LogP contribution in [0.15, 0.2) is 54.2 Å². The molecule has 2 atom stereocenters. The van der Waals surface area contributed by atoms with E-state index in [9.17, 15) is 9.59 Å². The van der Waals surface area contributed by atoms with Crippen LogP contribution in [0.4, 0.5) is 5.69 Å². The summed E-state index contributed by atoms with van der Waals surface area (Å²) in [6, 6.07) is 15.5. The predicted octanol–water partition coefficient (Wildman–Crippen LogP) is 4.57. The van der Waals surface area contributed by atoms with Gasteiger partial charge < -0.3 is 4.90 Å². The number of carbonyl (C=O) groups is 2. The minimum Gasteiger partial charge on any atom is -0.366 e. The third kappa shape index (κ3) is 3.59. The second-order valence-corrected chi connectivity index (χ2v) is 8.72. The van der Waals surface area contributed by atoms with Gasteiger partial charge in [0.25, 0.3) is 11.8 Å². The number of benzene rings is 2. The molecular weight excluding hydrogens is 360 g/mol. The van der Waals surface area contributed by atoms with Gasteiger partial charge in [-0.1, -0.05) is 61.4 Å². The van der Waals surface area contributed by atoms with Crippen LogP contribution in [0.2, 0.25) is 0 Å². The summed E-state index contributed by atoms with van der Waals surface area (Å²) in [7, 11) is 0. The highest BCUT2D eigenvalue weighted by Crippen LogP contribution is 2.37. The van der Waals surface area contributed by atoms with Crippen molar-refractivity contribution in [1.82, 2.24) is 4.90 Å². The molecule has 4 rings (SSSR count). The zero-order valence-electron chi connectivity index (χ0n) is 17.6. The Hall–Kier alpha value is -2.88. The number of piperidine rings is 1. The standard InChI is InChI=1S/C25H28N2O2/c1-16-5-9-20(10-6-16)22-23(26-14-18(3)13-19(4)15-26)25(29)27(24(22)28)21-11-7-17(2)8-12-21/h5-12,18-19H,13-15H2,1-4H3. The molecule has 2 heterocycles. The number of imide groups is 1. The summed E-state index contributed by atoms with van der Waals surface area (Å²) in [4.78, 5) is 30.6. The van der Waals surface area contributed by atoms with Crippen LogP contribution in [0.3, 0.4) is 0 Å². The number of nitrogens with zero attached hydrogens (tertiary/aromatic N) is 2. The van der Waals surface area contributed by atoms with Gasteiger partial charge in [0.05, 0.1) is 11.3 Å². The van der Waals surface area contributed by atoms with Crippen LogP contribution < -0.4 is 4.90 Å². The monoisotopic (exact) mass is 388 g/mol. The Kier molecular flexibility index (Phi) is 5.03. The molecule has 150 valence electrons. The molecule has 2 unspecified atom stereocenters. The highest BCUT2D eigenvalue weighted by Gasteiger charge is 2.43. The SMILES string of the molecule is Cc1ccc(C2=C(N3CC(C)CC(C)C3)C(=O)N(c3ccc(C)cc3)C2=O)cc1. The molecular formula is C25H28N2O2. The molecule has 0 spiro atoms. The number of hydrogen-bond donors (Lipinski definition) is 0. The molecule has 4 nitrogen and oxygen atoms in total. The van der Waals surface area contributed by atoms with E-state index in [1.165, 1.54) is 4.90 Å². The minimum atomic E-state index is -0.233. The maximum atomic E-state index is 13.6. The van der Waals surface area contributed by atoms with Crippen molar-refractivity contribution in [2.45, 2.75) is 34.1 Å². The number of rotatable bonds is 3. The van der Waals surface area contributed by atoms with Crippen molar-refractivity contribution in [3.05, 3.63) is 70.9 Å². The van der Waals surface area contributed by atoms with Crippen molar-refractivity contribution in [2.75, 3.05) is 18.0 Å². The first kappa shape index (κ1) is 19.4. The highest BCUT2D eigenvalue weighted by atomic mass is 16.2. The Labute approximate surface area is 172 Å². The van der Waals surface area contributed by atoms with Gasteiger partial charge in [0.2, 0.25) is 0 Å². The molecule has 2 aromatic rings. The summed E-state index contributed by atoms with van der Waals surface area (Å²) in [5.41, 5.74) is 4.74. The molecule has 0 saturated carbocycles. The Morgan fingerprint density at radius 2 is 1.28 bits per heavy atom. The number of aryl methyl sites for hydroxylation is 2. The first-order valence-electron chi connectivity index (χ1n) is 10.4. The predicted molar refractivity (Wildman–Crippen MR) is 116 cm³/mol. The topological polar surface area (TPSA) is 40.6 Å². The average Bonchev–Trinajstić information content (AvgIpc) is 2.93. The van der Waals surface area contributed by atoms with Crippen molar-refractivity contribution < 1.29 is 9.59 Å². The molecule has 0 aromatic heterocycles. The number of hydrogen-bond acceptors (Lipinski definition) is 3. The number of amides is 2. The Balaban J connectivity index is 1.82. The second kappa shape index (κ2) is 7.51. The quantitative estimate of drug-likeness (QED) is 0.724. The molecule has 0 aliphatic carbocycles. The van der Waals surface area contributed by atoms with Gasteiger partial charge in [-0.25, -0.2) is 4.90 Å². The first-order valence-corrected chi connectivity index (χ1v) is 10.4. The molecule has 0 radical (unpaired) electrons. The van der Waals surface area contributed by atoms with Gasteiger partial charge in [0, 0.05) is 13.1 Å². The van der Waals surface area contributed by atoms with E-state index in [-0.39, 0.29) is 11.8 Å². The van der Waals surface area contributed by atoms with Crippen molar-refractivity contribution in [3.63, 3.8) is 0 Å². The summed E-state index contributed by atoms with van der Waals surface area (Å²) in [6.07, 6.45) is 1.15. The van der Waals surface area contributed by atoms with Crippen molar-refractivity contribution in [3.8, 4) is 0 Å². The number of anilines is 1. The summed E-state index contributed by atoms with van der Waals surface area (Å²) in [5, 5.41) is 0. The fraction of sp³-hybridized carbons (Fsp3) is 0.360. The van der Waals surface area contributed by atoms with Gasteiger partial charge in [-0.2, -0.15) is 0 Å². The van der Waals surface area contributed by atoms with E-state index in [1.807, 2.05) is 62.4 Å². The Bertz CT molecular complexity index is 963. The van der Waals surface area contributed by atoms with Crippen LogP contribution in [0.1, 0.15) is 37.0 Å². The van der Waals surface area contributed by atoms with Gasteiger partial charge in [-0.3, -0.25) is 9.59 Å². The summed E-state index contributed by atoms with van der Waals surface area (Å²) in [5.74, 6) is 0.531. The highest BCUT2D eigenvalue weighted by molar-refractivity contribution is 6.45. The number of carbonyl (C=O) groups excluding carboxylic acids is 2. The zero-order chi connectivity index (χ0) is 20.7. The molecule has 2 aliphatic rings. The lowest BCUT2D eigenvalue weighted by molar-refractivity contribution is -0.120. The Morgan fingerprint density at radius 1 is 0.759 bits per heavy atom. The third-order valence-electron chi connectivity index (χ3n) is 5.88. The molecule has 2 amide bonds.